The van der Waals surface area contributed by atoms with Gasteiger partial charge < -0.3 is 5.11 Å². The van der Waals surface area contributed by atoms with Crippen LogP contribution in [-0.2, 0) is 0 Å². The Morgan fingerprint density at radius 1 is 0.875 bits per heavy atom. The summed E-state index contributed by atoms with van der Waals surface area (Å²) in [6.07, 6.45) is 1.74. The summed E-state index contributed by atoms with van der Waals surface area (Å²) in [6, 6.07) is 13.4. The number of phenolic OH excluding ortho intramolecular Hbond substituents is 1. The molecule has 3 rings (SSSR count). The molecule has 0 fully saturated rings. The first-order chi connectivity index (χ1) is 7.36. The average Bonchev–Trinajstić information content (AvgIpc) is 2.29. The van der Waals surface area contributed by atoms with Gasteiger partial charge in [0.15, 0.2) is 0 Å². The number of hydrogen-bond acceptors (Lipinski definition) is 2. The Morgan fingerprint density at radius 3 is 2.50 bits per heavy atom. The molecule has 3 heteroatoms. The zero-order valence-electron chi connectivity index (χ0n) is 8.42. The smallest absolute Gasteiger partial charge is 0.125 e. The molecular weight excluding hydrogens is 222 g/mol. The molecule has 3 aromatic rings. The van der Waals surface area contributed by atoms with Crippen LogP contribution in [0.15, 0.2) is 48.7 Å². The maximum atomic E-state index is 9.83. The lowest BCUT2D eigenvalue weighted by Crippen LogP contribution is -1.81. The van der Waals surface area contributed by atoms with Crippen LogP contribution >= 0.6 is 12.4 Å². The second kappa shape index (κ2) is 3.99. The molecular formula is C13H10ClNO. The zero-order valence-corrected chi connectivity index (χ0v) is 9.24. The van der Waals surface area contributed by atoms with Gasteiger partial charge in [0.25, 0.3) is 0 Å². The summed E-state index contributed by atoms with van der Waals surface area (Å²) < 4.78 is 0. The van der Waals surface area contributed by atoms with Gasteiger partial charge >= 0.3 is 0 Å². The third kappa shape index (κ3) is 1.48. The Hall–Kier alpha value is -1.80. The van der Waals surface area contributed by atoms with E-state index in [1.165, 1.54) is 0 Å². The minimum absolute atomic E-state index is 0. The molecule has 0 aliphatic carbocycles. The summed E-state index contributed by atoms with van der Waals surface area (Å²) in [4.78, 5) is 4.31. The van der Waals surface area contributed by atoms with Gasteiger partial charge in [0.2, 0.25) is 0 Å². The highest BCUT2D eigenvalue weighted by Gasteiger charge is 2.04. The van der Waals surface area contributed by atoms with Crippen LogP contribution in [0.5, 0.6) is 5.75 Å². The number of aromatic hydroxyl groups is 1. The van der Waals surface area contributed by atoms with Gasteiger partial charge in [0, 0.05) is 17.0 Å². The number of nitrogens with zero attached hydrogens (tertiary/aromatic N) is 1. The Balaban J connectivity index is 0.000000963. The molecule has 0 saturated heterocycles. The fraction of sp³-hybridized carbons (Fsp3) is 0. The first-order valence-corrected chi connectivity index (χ1v) is 4.82. The summed E-state index contributed by atoms with van der Waals surface area (Å²) in [5.74, 6) is 0.289. The lowest BCUT2D eigenvalue weighted by molar-refractivity contribution is 0.482. The van der Waals surface area contributed by atoms with Crippen LogP contribution in [0.1, 0.15) is 0 Å². The summed E-state index contributed by atoms with van der Waals surface area (Å²) in [5.41, 5.74) is 0.855. The zero-order chi connectivity index (χ0) is 10.3. The molecule has 2 aromatic carbocycles. The van der Waals surface area contributed by atoms with E-state index in [0.717, 1.165) is 21.7 Å². The molecule has 0 atom stereocenters. The lowest BCUT2D eigenvalue weighted by Gasteiger charge is -2.04. The molecule has 0 aliphatic rings. The lowest BCUT2D eigenvalue weighted by atomic mass is 10.1. The summed E-state index contributed by atoms with van der Waals surface area (Å²) in [7, 11) is 0. The number of fused-ring (bicyclic) bond motifs is 3. The number of halogens is 1. The second-order valence-corrected chi connectivity index (χ2v) is 3.52. The largest absolute Gasteiger partial charge is 0.507 e. The molecule has 1 aromatic heterocycles. The van der Waals surface area contributed by atoms with E-state index >= 15 is 0 Å². The minimum Gasteiger partial charge on any atom is -0.507 e. The SMILES string of the molecule is Cl.Oc1cccc2ccc3cccnc3c12. The van der Waals surface area contributed by atoms with Gasteiger partial charge in [-0.15, -0.1) is 12.4 Å². The maximum Gasteiger partial charge on any atom is 0.125 e. The van der Waals surface area contributed by atoms with Crippen LogP contribution in [0.25, 0.3) is 21.7 Å². The van der Waals surface area contributed by atoms with Crippen LogP contribution in [0.4, 0.5) is 0 Å². The van der Waals surface area contributed by atoms with E-state index in [1.54, 1.807) is 12.3 Å². The minimum atomic E-state index is 0. The molecule has 80 valence electrons. The Morgan fingerprint density at radius 2 is 1.62 bits per heavy atom. The van der Waals surface area contributed by atoms with Gasteiger partial charge in [-0.1, -0.05) is 30.3 Å². The predicted molar refractivity (Wildman–Crippen MR) is 68.2 cm³/mol. The summed E-state index contributed by atoms with van der Waals surface area (Å²) in [5, 5.41) is 12.7. The van der Waals surface area contributed by atoms with E-state index < -0.39 is 0 Å². The molecule has 1 N–H and O–H groups in total. The first kappa shape index (κ1) is 10.7. The van der Waals surface area contributed by atoms with Crippen molar-refractivity contribution < 1.29 is 5.11 Å². The van der Waals surface area contributed by atoms with Crippen molar-refractivity contribution in [2.24, 2.45) is 0 Å². The third-order valence-corrected chi connectivity index (χ3v) is 2.59. The topological polar surface area (TPSA) is 33.1 Å². The van der Waals surface area contributed by atoms with Crippen molar-refractivity contribution in [3.05, 3.63) is 48.7 Å². The van der Waals surface area contributed by atoms with E-state index in [0.29, 0.717) is 0 Å². The van der Waals surface area contributed by atoms with Gasteiger partial charge in [-0.05, 0) is 17.5 Å². The van der Waals surface area contributed by atoms with Crippen molar-refractivity contribution in [2.75, 3.05) is 0 Å². The second-order valence-electron chi connectivity index (χ2n) is 3.52. The highest BCUT2D eigenvalue weighted by Crippen LogP contribution is 2.30. The Kier molecular flexibility index (Phi) is 2.67. The third-order valence-electron chi connectivity index (χ3n) is 2.59. The van der Waals surface area contributed by atoms with Gasteiger partial charge in [0.05, 0.1) is 5.52 Å². The molecule has 0 radical (unpaired) electrons. The average molecular weight is 232 g/mol. The predicted octanol–water partition coefficient (Wildman–Crippen LogP) is 3.52. The van der Waals surface area contributed by atoms with Crippen molar-refractivity contribution in [1.29, 1.82) is 0 Å². The number of benzene rings is 2. The molecule has 16 heavy (non-hydrogen) atoms. The summed E-state index contributed by atoms with van der Waals surface area (Å²) in [6.45, 7) is 0. The fourth-order valence-electron chi connectivity index (χ4n) is 1.90. The van der Waals surface area contributed by atoms with Crippen LogP contribution in [0.3, 0.4) is 0 Å². The molecule has 0 saturated carbocycles. The molecule has 0 spiro atoms. The van der Waals surface area contributed by atoms with Crippen LogP contribution in [-0.4, -0.2) is 10.1 Å². The van der Waals surface area contributed by atoms with Crippen molar-refractivity contribution in [2.45, 2.75) is 0 Å². The number of phenols is 1. The van der Waals surface area contributed by atoms with E-state index in [4.69, 9.17) is 0 Å². The van der Waals surface area contributed by atoms with Gasteiger partial charge in [0.1, 0.15) is 5.75 Å². The van der Waals surface area contributed by atoms with Gasteiger partial charge in [-0.25, -0.2) is 0 Å². The van der Waals surface area contributed by atoms with Gasteiger partial charge in [-0.2, -0.15) is 0 Å². The van der Waals surface area contributed by atoms with E-state index in [-0.39, 0.29) is 18.2 Å². The Labute approximate surface area is 99.0 Å². The molecule has 1 heterocycles. The van der Waals surface area contributed by atoms with Gasteiger partial charge in [-0.3, -0.25) is 4.98 Å². The van der Waals surface area contributed by atoms with Crippen LogP contribution in [0.2, 0.25) is 0 Å². The fourth-order valence-corrected chi connectivity index (χ4v) is 1.90. The van der Waals surface area contributed by atoms with E-state index in [2.05, 4.69) is 4.98 Å². The molecule has 0 aliphatic heterocycles. The number of pyridine rings is 1. The van der Waals surface area contributed by atoms with Crippen molar-refractivity contribution in [3.63, 3.8) is 0 Å². The monoisotopic (exact) mass is 231 g/mol. The van der Waals surface area contributed by atoms with Crippen molar-refractivity contribution >= 4 is 34.1 Å². The quantitative estimate of drug-likeness (QED) is 0.601. The number of hydrogen-bond donors (Lipinski definition) is 1. The molecule has 0 amide bonds. The molecule has 0 bridgehead atoms. The van der Waals surface area contributed by atoms with Crippen molar-refractivity contribution in [1.82, 2.24) is 4.98 Å². The summed E-state index contributed by atoms with van der Waals surface area (Å²) >= 11 is 0. The van der Waals surface area contributed by atoms with Crippen LogP contribution < -0.4 is 0 Å². The molecule has 2 nitrogen and oxygen atoms in total. The highest BCUT2D eigenvalue weighted by molar-refractivity contribution is 6.08. The number of aromatic nitrogens is 1. The molecule has 0 unspecified atom stereocenters. The number of rotatable bonds is 0. The Bertz CT molecular complexity index is 652. The standard InChI is InChI=1S/C13H9NO.ClH/c15-11-5-1-3-9-6-7-10-4-2-8-14-13(10)12(9)11;/h1-8,15H;1H. The maximum absolute atomic E-state index is 9.83. The normalized spacial score (nSPS) is 10.2. The van der Waals surface area contributed by atoms with Crippen LogP contribution in [0, 0.1) is 0 Å². The van der Waals surface area contributed by atoms with E-state index in [1.807, 2.05) is 36.4 Å². The van der Waals surface area contributed by atoms with E-state index in [9.17, 15) is 5.11 Å². The highest BCUT2D eigenvalue weighted by atomic mass is 35.5. The first-order valence-electron chi connectivity index (χ1n) is 4.82. The van der Waals surface area contributed by atoms with Crippen molar-refractivity contribution in [3.8, 4) is 5.75 Å².